The van der Waals surface area contributed by atoms with Gasteiger partial charge in [-0.25, -0.2) is 4.79 Å². The van der Waals surface area contributed by atoms with Crippen LogP contribution in [0.3, 0.4) is 0 Å². The van der Waals surface area contributed by atoms with Crippen molar-refractivity contribution in [3.8, 4) is 11.1 Å². The monoisotopic (exact) mass is 533 g/mol. The number of aromatic carboxylic acids is 1. The summed E-state index contributed by atoms with van der Waals surface area (Å²) in [6.45, 7) is 1.54. The molecule has 0 fully saturated rings. The van der Waals surface area contributed by atoms with Crippen LogP contribution in [0.1, 0.15) is 27.6 Å². The van der Waals surface area contributed by atoms with E-state index in [1.165, 1.54) is 6.92 Å². The Kier molecular flexibility index (Phi) is 6.79. The maximum atomic E-state index is 12.7. The van der Waals surface area contributed by atoms with Crippen LogP contribution in [0.25, 0.3) is 22.0 Å². The first-order valence-electron chi connectivity index (χ1n) is 10.6. The van der Waals surface area contributed by atoms with Crippen LogP contribution in [0.4, 0.5) is 5.69 Å². The molecule has 4 rings (SSSR count). The van der Waals surface area contributed by atoms with Gasteiger partial charge in [0.15, 0.2) is 0 Å². The van der Waals surface area contributed by atoms with E-state index in [0.717, 1.165) is 17.3 Å². The lowest BCUT2D eigenvalue weighted by Gasteiger charge is -2.16. The number of fused-ring (bicyclic) bond motifs is 1. The van der Waals surface area contributed by atoms with Crippen LogP contribution < -0.4 is 16.1 Å². The van der Waals surface area contributed by atoms with Gasteiger partial charge in [-0.3, -0.25) is 14.4 Å². The van der Waals surface area contributed by atoms with Gasteiger partial charge in [0.05, 0.1) is 21.1 Å². The molecule has 0 radical (unpaired) electrons. The second-order valence-electron chi connectivity index (χ2n) is 7.81. The summed E-state index contributed by atoms with van der Waals surface area (Å²) in [7, 11) is 0. The number of carbonyl (C=O) groups excluding carboxylic acids is 2. The molecular weight excluding hydrogens is 514 g/mol. The number of amides is 2. The van der Waals surface area contributed by atoms with Crippen molar-refractivity contribution >= 4 is 50.3 Å². The summed E-state index contributed by atoms with van der Waals surface area (Å²) in [5.74, 6) is -2.28. The molecule has 8 nitrogen and oxygen atoms in total. The fourth-order valence-electron chi connectivity index (χ4n) is 3.56. The van der Waals surface area contributed by atoms with E-state index >= 15 is 0 Å². The Hall–Kier alpha value is -4.24. The van der Waals surface area contributed by atoms with Crippen LogP contribution in [0.2, 0.25) is 0 Å². The summed E-state index contributed by atoms with van der Waals surface area (Å²) in [4.78, 5) is 52.0. The molecule has 0 unspecified atom stereocenters. The second-order valence-corrected chi connectivity index (χ2v) is 8.61. The second kappa shape index (κ2) is 9.94. The number of carboxylic acid groups (broad SMARTS) is 1. The quantitative estimate of drug-likeness (QED) is 0.291. The summed E-state index contributed by atoms with van der Waals surface area (Å²) in [5.41, 5.74) is 1.98. The summed E-state index contributed by atoms with van der Waals surface area (Å²) in [5, 5.41) is 14.6. The Bertz CT molecular complexity index is 1500. The van der Waals surface area contributed by atoms with Crippen LogP contribution in [0.15, 0.2) is 82.2 Å². The molecule has 176 valence electrons. The number of pyridine rings is 1. The molecule has 0 saturated carbocycles. The molecule has 1 heterocycles. The largest absolute Gasteiger partial charge is 0.477 e. The SMILES string of the molecule is C[C@H](NC(=O)c1ccc(-c2ccccc2)cc1)C(=O)Nc1ccc2[nH]cc(C(=O)O)c(=O)c2c1Br. The van der Waals surface area contributed by atoms with Crippen molar-refractivity contribution in [2.45, 2.75) is 13.0 Å². The van der Waals surface area contributed by atoms with E-state index in [2.05, 4.69) is 31.5 Å². The molecular formula is C26H20BrN3O5. The molecule has 0 aliphatic heterocycles. The topological polar surface area (TPSA) is 128 Å². The van der Waals surface area contributed by atoms with Crippen molar-refractivity contribution in [1.82, 2.24) is 10.3 Å². The molecule has 1 atom stereocenters. The number of H-pyrrole nitrogens is 1. The van der Waals surface area contributed by atoms with E-state index in [9.17, 15) is 24.3 Å². The highest BCUT2D eigenvalue weighted by Gasteiger charge is 2.20. The zero-order chi connectivity index (χ0) is 25.1. The van der Waals surface area contributed by atoms with Crippen molar-refractivity contribution in [3.63, 3.8) is 0 Å². The van der Waals surface area contributed by atoms with Gasteiger partial charge >= 0.3 is 5.97 Å². The number of aromatic nitrogens is 1. The third kappa shape index (κ3) is 4.99. The van der Waals surface area contributed by atoms with Crippen LogP contribution in [-0.4, -0.2) is 33.9 Å². The number of anilines is 1. The molecule has 0 bridgehead atoms. The van der Waals surface area contributed by atoms with Crippen molar-refractivity contribution in [3.05, 3.63) is 98.7 Å². The summed E-state index contributed by atoms with van der Waals surface area (Å²) in [6.07, 6.45) is 1.13. The number of benzene rings is 3. The smallest absolute Gasteiger partial charge is 0.341 e. The molecule has 9 heteroatoms. The summed E-state index contributed by atoms with van der Waals surface area (Å²) in [6, 6.07) is 19.0. The van der Waals surface area contributed by atoms with Crippen molar-refractivity contribution in [2.75, 3.05) is 5.32 Å². The van der Waals surface area contributed by atoms with Gasteiger partial charge in [0.25, 0.3) is 5.91 Å². The minimum Gasteiger partial charge on any atom is -0.477 e. The van der Waals surface area contributed by atoms with Crippen LogP contribution in [0.5, 0.6) is 0 Å². The number of nitrogens with one attached hydrogen (secondary N) is 3. The fourth-order valence-corrected chi connectivity index (χ4v) is 4.18. The molecule has 3 aromatic carbocycles. The lowest BCUT2D eigenvalue weighted by molar-refractivity contribution is -0.117. The third-order valence-corrected chi connectivity index (χ3v) is 6.29. The summed E-state index contributed by atoms with van der Waals surface area (Å²) < 4.78 is 0.239. The lowest BCUT2D eigenvalue weighted by atomic mass is 10.0. The van der Waals surface area contributed by atoms with Crippen LogP contribution in [0, 0.1) is 0 Å². The maximum absolute atomic E-state index is 12.7. The van der Waals surface area contributed by atoms with Crippen molar-refractivity contribution in [2.24, 2.45) is 0 Å². The maximum Gasteiger partial charge on any atom is 0.341 e. The average Bonchev–Trinajstić information content (AvgIpc) is 2.86. The molecule has 1 aromatic heterocycles. The Morgan fingerprint density at radius 2 is 1.60 bits per heavy atom. The van der Waals surface area contributed by atoms with E-state index in [-0.39, 0.29) is 15.5 Å². The molecule has 0 aliphatic carbocycles. The molecule has 35 heavy (non-hydrogen) atoms. The third-order valence-electron chi connectivity index (χ3n) is 5.47. The van der Waals surface area contributed by atoms with Gasteiger partial charge in [-0.1, -0.05) is 42.5 Å². The number of hydrogen-bond acceptors (Lipinski definition) is 4. The van der Waals surface area contributed by atoms with Crippen molar-refractivity contribution in [1.29, 1.82) is 0 Å². The van der Waals surface area contributed by atoms with E-state index in [1.807, 2.05) is 42.5 Å². The van der Waals surface area contributed by atoms with Gasteiger partial charge < -0.3 is 20.7 Å². The molecule has 2 amide bonds. The van der Waals surface area contributed by atoms with E-state index in [4.69, 9.17) is 0 Å². The normalized spacial score (nSPS) is 11.6. The predicted octanol–water partition coefficient (Wildman–Crippen LogP) is 4.41. The Morgan fingerprint density at radius 3 is 2.26 bits per heavy atom. The molecule has 4 N–H and O–H groups in total. The first-order chi connectivity index (χ1) is 16.8. The number of rotatable bonds is 6. The Balaban J connectivity index is 1.48. The molecule has 0 aliphatic rings. The zero-order valence-corrected chi connectivity index (χ0v) is 20.0. The van der Waals surface area contributed by atoms with Gasteiger partial charge in [0, 0.05) is 11.8 Å². The number of carboxylic acids is 1. The highest BCUT2D eigenvalue weighted by molar-refractivity contribution is 9.10. The highest BCUT2D eigenvalue weighted by Crippen LogP contribution is 2.29. The van der Waals surface area contributed by atoms with Gasteiger partial charge in [-0.2, -0.15) is 0 Å². The fraction of sp³-hybridized carbons (Fsp3) is 0.0769. The minimum atomic E-state index is -1.36. The molecule has 0 saturated heterocycles. The highest BCUT2D eigenvalue weighted by atomic mass is 79.9. The number of carbonyl (C=O) groups is 3. The van der Waals surface area contributed by atoms with Gasteiger partial charge in [0.1, 0.15) is 11.6 Å². The molecule has 0 spiro atoms. The number of aromatic amines is 1. The van der Waals surface area contributed by atoms with Crippen LogP contribution in [-0.2, 0) is 4.79 Å². The van der Waals surface area contributed by atoms with E-state index < -0.39 is 34.8 Å². The summed E-state index contributed by atoms with van der Waals surface area (Å²) >= 11 is 3.29. The number of halogens is 1. The minimum absolute atomic E-state index is 0.0953. The van der Waals surface area contributed by atoms with E-state index in [0.29, 0.717) is 11.1 Å². The van der Waals surface area contributed by atoms with Gasteiger partial charge in [-0.05, 0) is 58.2 Å². The Morgan fingerprint density at radius 1 is 0.943 bits per heavy atom. The first kappa shape index (κ1) is 23.9. The molecule has 4 aromatic rings. The number of hydrogen-bond donors (Lipinski definition) is 4. The van der Waals surface area contributed by atoms with Crippen LogP contribution >= 0.6 is 15.9 Å². The standard InChI is InChI=1S/C26H20BrN3O5/c1-14(29-25(33)17-9-7-16(8-10-17)15-5-3-2-4-6-15)24(32)30-20-12-11-19-21(22(20)27)23(31)18(13-28-19)26(34)35/h2-14H,1H3,(H,28,31)(H,29,33)(H,30,32)(H,34,35)/t14-/m0/s1. The van der Waals surface area contributed by atoms with Gasteiger partial charge in [-0.15, -0.1) is 0 Å². The first-order valence-corrected chi connectivity index (χ1v) is 11.4. The lowest BCUT2D eigenvalue weighted by Crippen LogP contribution is -2.41. The van der Waals surface area contributed by atoms with E-state index in [1.54, 1.807) is 24.3 Å². The average molecular weight is 534 g/mol. The van der Waals surface area contributed by atoms with Gasteiger partial charge in [0.2, 0.25) is 11.3 Å². The van der Waals surface area contributed by atoms with Crippen molar-refractivity contribution < 1.29 is 19.5 Å². The zero-order valence-electron chi connectivity index (χ0n) is 18.5. The Labute approximate surface area is 208 Å². The predicted molar refractivity (Wildman–Crippen MR) is 137 cm³/mol.